The molecule has 1 N–H and O–H groups in total. The number of anilines is 1. The highest BCUT2D eigenvalue weighted by atomic mass is 19.1. The molecule has 188 valence electrons. The molecule has 9 nitrogen and oxygen atoms in total. The maximum Gasteiger partial charge on any atom is 0.407 e. The number of fused-ring (bicyclic) bond motifs is 2. The zero-order valence-electron chi connectivity index (χ0n) is 20.4. The molecule has 0 aliphatic carbocycles. The van der Waals surface area contributed by atoms with E-state index < -0.39 is 11.6 Å². The number of rotatable bonds is 6. The number of piperazine rings is 1. The second kappa shape index (κ2) is 9.27. The Morgan fingerprint density at radius 2 is 2.00 bits per heavy atom. The van der Waals surface area contributed by atoms with Gasteiger partial charge in [0.2, 0.25) is 0 Å². The quantitative estimate of drug-likeness (QED) is 0.401. The summed E-state index contributed by atoms with van der Waals surface area (Å²) in [5.74, 6) is 0.338. The summed E-state index contributed by atoms with van der Waals surface area (Å²) < 4.78 is 27.2. The molecule has 4 aromatic rings. The zero-order chi connectivity index (χ0) is 25.4. The van der Waals surface area contributed by atoms with Gasteiger partial charge >= 0.3 is 6.09 Å². The zero-order valence-corrected chi connectivity index (χ0v) is 20.4. The molecule has 0 radical (unpaired) electrons. The van der Waals surface area contributed by atoms with Crippen LogP contribution in [0.15, 0.2) is 48.8 Å². The van der Waals surface area contributed by atoms with Gasteiger partial charge in [-0.2, -0.15) is 0 Å². The number of carbonyl (C=O) groups is 1. The van der Waals surface area contributed by atoms with Gasteiger partial charge in [-0.15, -0.1) is 0 Å². The first-order valence-electron chi connectivity index (χ1n) is 11.7. The number of methoxy groups -OCH3 is 1. The molecule has 1 fully saturated rings. The monoisotopic (exact) mass is 493 g/mol. The van der Waals surface area contributed by atoms with E-state index in [2.05, 4.69) is 4.98 Å². The van der Waals surface area contributed by atoms with Crippen LogP contribution < -0.4 is 9.64 Å². The van der Waals surface area contributed by atoms with Crippen molar-refractivity contribution in [2.45, 2.75) is 19.4 Å². The van der Waals surface area contributed by atoms with E-state index in [1.54, 1.807) is 13.3 Å². The number of amides is 1. The Morgan fingerprint density at radius 3 is 2.75 bits per heavy atom. The van der Waals surface area contributed by atoms with Gasteiger partial charge < -0.3 is 19.5 Å². The van der Waals surface area contributed by atoms with Crippen molar-refractivity contribution in [3.63, 3.8) is 0 Å². The molecule has 0 unspecified atom stereocenters. The van der Waals surface area contributed by atoms with Crippen LogP contribution in [0.2, 0.25) is 0 Å². The number of hydrogen-bond acceptors (Lipinski definition) is 6. The van der Waals surface area contributed by atoms with Gasteiger partial charge in [-0.25, -0.2) is 19.2 Å². The van der Waals surface area contributed by atoms with Crippen LogP contribution in [0.3, 0.4) is 0 Å². The van der Waals surface area contributed by atoms with E-state index in [1.165, 1.54) is 17.0 Å². The number of ether oxygens (including phenoxy) is 2. The molecule has 0 bridgehead atoms. The summed E-state index contributed by atoms with van der Waals surface area (Å²) in [6.45, 7) is 5.88. The average Bonchev–Trinajstić information content (AvgIpc) is 3.26. The molecule has 1 aliphatic heterocycles. The SMILES string of the molecule is COCCOc1ccn2c(-c3ccc4cc(F)cc(N5CCN(C(=O)O)C(C)(C)C5)c4n3)cnc2c1. The van der Waals surface area contributed by atoms with Gasteiger partial charge in [-0.1, -0.05) is 6.07 Å². The van der Waals surface area contributed by atoms with Gasteiger partial charge in [-0.05, 0) is 38.1 Å². The Labute approximate surface area is 207 Å². The molecule has 0 atom stereocenters. The summed E-state index contributed by atoms with van der Waals surface area (Å²) in [6, 6.07) is 10.4. The number of halogens is 1. The van der Waals surface area contributed by atoms with Crippen molar-refractivity contribution in [1.82, 2.24) is 19.3 Å². The number of nitrogens with zero attached hydrogens (tertiary/aromatic N) is 5. The average molecular weight is 494 g/mol. The molecule has 1 amide bonds. The van der Waals surface area contributed by atoms with Crippen LogP contribution in [0.4, 0.5) is 14.9 Å². The summed E-state index contributed by atoms with van der Waals surface area (Å²) in [5.41, 5.74) is 2.87. The van der Waals surface area contributed by atoms with E-state index in [-0.39, 0.29) is 5.82 Å². The van der Waals surface area contributed by atoms with Crippen LogP contribution in [0, 0.1) is 5.82 Å². The summed E-state index contributed by atoms with van der Waals surface area (Å²) in [7, 11) is 1.63. The third-order valence-corrected chi connectivity index (χ3v) is 6.51. The number of pyridine rings is 2. The number of carboxylic acid groups (broad SMARTS) is 1. The van der Waals surface area contributed by atoms with Crippen molar-refractivity contribution in [3.8, 4) is 17.1 Å². The molecule has 0 spiro atoms. The lowest BCUT2D eigenvalue weighted by atomic mass is 9.98. The van der Waals surface area contributed by atoms with Gasteiger partial charge in [0.1, 0.15) is 23.8 Å². The first kappa shape index (κ1) is 23.8. The summed E-state index contributed by atoms with van der Waals surface area (Å²) in [6.07, 6.45) is 2.68. The second-order valence-electron chi connectivity index (χ2n) is 9.44. The molecular weight excluding hydrogens is 465 g/mol. The summed E-state index contributed by atoms with van der Waals surface area (Å²) in [5, 5.41) is 10.2. The normalized spacial score (nSPS) is 15.6. The third-order valence-electron chi connectivity index (χ3n) is 6.51. The van der Waals surface area contributed by atoms with Gasteiger partial charge in [0.15, 0.2) is 0 Å². The van der Waals surface area contributed by atoms with E-state index in [4.69, 9.17) is 14.5 Å². The highest BCUT2D eigenvalue weighted by Crippen LogP contribution is 2.33. The molecule has 0 saturated carbocycles. The highest BCUT2D eigenvalue weighted by molar-refractivity contribution is 5.92. The van der Waals surface area contributed by atoms with Crippen molar-refractivity contribution < 1.29 is 23.8 Å². The third kappa shape index (κ3) is 4.39. The van der Waals surface area contributed by atoms with E-state index in [0.29, 0.717) is 66.5 Å². The van der Waals surface area contributed by atoms with E-state index in [0.717, 1.165) is 5.69 Å². The van der Waals surface area contributed by atoms with E-state index >= 15 is 0 Å². The highest BCUT2D eigenvalue weighted by Gasteiger charge is 2.37. The van der Waals surface area contributed by atoms with Crippen LogP contribution in [0.1, 0.15) is 13.8 Å². The topological polar surface area (TPSA) is 92.4 Å². The molecule has 1 aliphatic rings. The minimum atomic E-state index is -0.955. The maximum atomic E-state index is 14.6. The standard InChI is InChI=1S/C26H28FN5O4/c1-26(2)16-30(8-9-32(26)25(33)34)21-13-18(27)12-17-4-5-20(29-24(17)21)22-15-28-23-14-19(6-7-31(22)23)36-11-10-35-3/h4-7,12-15H,8-11,16H2,1-3H3,(H,33,34). The predicted octanol–water partition coefficient (Wildman–Crippen LogP) is 4.29. The van der Waals surface area contributed by atoms with Crippen molar-refractivity contribution in [1.29, 1.82) is 0 Å². The number of benzene rings is 1. The molecule has 10 heteroatoms. The van der Waals surface area contributed by atoms with Crippen molar-refractivity contribution in [3.05, 3.63) is 54.6 Å². The largest absolute Gasteiger partial charge is 0.491 e. The smallest absolute Gasteiger partial charge is 0.407 e. The fourth-order valence-corrected chi connectivity index (χ4v) is 4.76. The number of hydrogen-bond donors (Lipinski definition) is 1. The minimum absolute atomic E-state index is 0.322. The van der Waals surface area contributed by atoms with Gasteiger partial charge in [0.25, 0.3) is 0 Å². The fraction of sp³-hybridized carbons (Fsp3) is 0.346. The van der Waals surface area contributed by atoms with Crippen LogP contribution in [-0.2, 0) is 4.74 Å². The Balaban J connectivity index is 1.52. The van der Waals surface area contributed by atoms with E-state index in [1.807, 2.05) is 53.6 Å². The minimum Gasteiger partial charge on any atom is -0.491 e. The van der Waals surface area contributed by atoms with Gasteiger partial charge in [0, 0.05) is 44.4 Å². The summed E-state index contributed by atoms with van der Waals surface area (Å²) >= 11 is 0. The van der Waals surface area contributed by atoms with Crippen LogP contribution in [-0.4, -0.2) is 76.0 Å². The van der Waals surface area contributed by atoms with Crippen molar-refractivity contribution in [2.24, 2.45) is 0 Å². The first-order chi connectivity index (χ1) is 17.3. The Kier molecular flexibility index (Phi) is 6.13. The second-order valence-corrected chi connectivity index (χ2v) is 9.44. The lowest BCUT2D eigenvalue weighted by Gasteiger charge is -2.46. The molecule has 5 rings (SSSR count). The predicted molar refractivity (Wildman–Crippen MR) is 134 cm³/mol. The van der Waals surface area contributed by atoms with Gasteiger partial charge in [-0.3, -0.25) is 9.30 Å². The van der Waals surface area contributed by atoms with Crippen molar-refractivity contribution >= 4 is 28.3 Å². The number of imidazole rings is 1. The Bertz CT molecular complexity index is 1440. The molecule has 4 heterocycles. The first-order valence-corrected chi connectivity index (χ1v) is 11.7. The summed E-state index contributed by atoms with van der Waals surface area (Å²) in [4.78, 5) is 24.5. The lowest BCUT2D eigenvalue weighted by molar-refractivity contribution is 0.0845. The Hall–Kier alpha value is -3.92. The van der Waals surface area contributed by atoms with Crippen molar-refractivity contribution in [2.75, 3.05) is 44.9 Å². The Morgan fingerprint density at radius 1 is 1.17 bits per heavy atom. The molecule has 1 saturated heterocycles. The molecule has 3 aromatic heterocycles. The van der Waals surface area contributed by atoms with Crippen LogP contribution in [0.5, 0.6) is 5.75 Å². The van der Waals surface area contributed by atoms with Crippen LogP contribution in [0.25, 0.3) is 27.9 Å². The van der Waals surface area contributed by atoms with E-state index in [9.17, 15) is 14.3 Å². The molecular formula is C26H28FN5O4. The number of aromatic nitrogens is 3. The molecule has 36 heavy (non-hydrogen) atoms. The molecule has 1 aromatic carbocycles. The maximum absolute atomic E-state index is 14.6. The lowest BCUT2D eigenvalue weighted by Crippen LogP contribution is -2.61. The fourth-order valence-electron chi connectivity index (χ4n) is 4.76. The van der Waals surface area contributed by atoms with Gasteiger partial charge in [0.05, 0.1) is 40.9 Å². The van der Waals surface area contributed by atoms with Crippen LogP contribution >= 0.6 is 0 Å².